The highest BCUT2D eigenvalue weighted by atomic mass is 16.8. The maximum absolute atomic E-state index is 11.8. The molecule has 1 unspecified atom stereocenters. The minimum Gasteiger partial charge on any atom is -0.375 e. The van der Waals surface area contributed by atoms with Crippen LogP contribution in [0.3, 0.4) is 0 Å². The summed E-state index contributed by atoms with van der Waals surface area (Å²) in [4.78, 5) is 11.8. The van der Waals surface area contributed by atoms with Gasteiger partial charge in [-0.2, -0.15) is 0 Å². The van der Waals surface area contributed by atoms with Crippen molar-refractivity contribution in [1.29, 1.82) is 0 Å². The maximum Gasteiger partial charge on any atom is 0.164 e. The van der Waals surface area contributed by atoms with Crippen molar-refractivity contribution in [2.45, 2.75) is 64.6 Å². The summed E-state index contributed by atoms with van der Waals surface area (Å²) in [5.41, 5.74) is -0.184. The summed E-state index contributed by atoms with van der Waals surface area (Å²) >= 11 is 0. The minimum absolute atomic E-state index is 0.119. The van der Waals surface area contributed by atoms with E-state index in [-0.39, 0.29) is 23.4 Å². The maximum atomic E-state index is 11.8. The lowest BCUT2D eigenvalue weighted by atomic mass is 10.1. The van der Waals surface area contributed by atoms with Crippen LogP contribution in [-0.4, -0.2) is 36.0 Å². The number of fused-ring (bicyclic) bond motifs is 1. The van der Waals surface area contributed by atoms with Crippen LogP contribution in [0, 0.1) is 5.92 Å². The summed E-state index contributed by atoms with van der Waals surface area (Å²) in [5.74, 6) is -0.387. The van der Waals surface area contributed by atoms with Gasteiger partial charge in [0.15, 0.2) is 11.6 Å². The first-order chi connectivity index (χ1) is 7.68. The van der Waals surface area contributed by atoms with E-state index >= 15 is 0 Å². The molecular formula is C13H22O4. The Labute approximate surface area is 103 Å². The number of Topliss-reactive ketones (excluding diaryl/α,β-unsaturated/α-hetero) is 1. The molecule has 98 valence electrons. The van der Waals surface area contributed by atoms with Gasteiger partial charge in [0.05, 0.1) is 18.3 Å². The first kappa shape index (κ1) is 13.0. The lowest BCUT2D eigenvalue weighted by Crippen LogP contribution is -2.31. The smallest absolute Gasteiger partial charge is 0.164 e. The van der Waals surface area contributed by atoms with Gasteiger partial charge in [-0.15, -0.1) is 0 Å². The van der Waals surface area contributed by atoms with Crippen LogP contribution in [0.1, 0.15) is 41.0 Å². The molecule has 0 radical (unpaired) electrons. The Morgan fingerprint density at radius 3 is 2.59 bits per heavy atom. The van der Waals surface area contributed by atoms with Crippen LogP contribution in [0.15, 0.2) is 0 Å². The highest BCUT2D eigenvalue weighted by Crippen LogP contribution is 2.40. The lowest BCUT2D eigenvalue weighted by Gasteiger charge is -2.25. The predicted molar refractivity (Wildman–Crippen MR) is 62.6 cm³/mol. The zero-order valence-corrected chi connectivity index (χ0v) is 11.3. The molecule has 1 saturated heterocycles. The Morgan fingerprint density at radius 1 is 1.35 bits per heavy atom. The third kappa shape index (κ3) is 2.87. The van der Waals surface area contributed by atoms with Crippen molar-refractivity contribution in [2.75, 3.05) is 6.61 Å². The molecule has 3 atom stereocenters. The first-order valence-electron chi connectivity index (χ1n) is 6.20. The number of hydrogen-bond donors (Lipinski definition) is 0. The van der Waals surface area contributed by atoms with Gasteiger partial charge in [0.1, 0.15) is 6.10 Å². The summed E-state index contributed by atoms with van der Waals surface area (Å²) in [6, 6.07) is 0. The molecule has 1 heterocycles. The molecule has 0 amide bonds. The molecule has 0 N–H and O–H groups in total. The van der Waals surface area contributed by atoms with Gasteiger partial charge in [0, 0.05) is 12.3 Å². The van der Waals surface area contributed by atoms with E-state index in [1.54, 1.807) is 0 Å². The lowest BCUT2D eigenvalue weighted by molar-refractivity contribution is -0.166. The van der Waals surface area contributed by atoms with Gasteiger partial charge in [-0.25, -0.2) is 0 Å². The summed E-state index contributed by atoms with van der Waals surface area (Å²) in [7, 11) is 0. The van der Waals surface area contributed by atoms with E-state index < -0.39 is 11.9 Å². The van der Waals surface area contributed by atoms with Gasteiger partial charge in [-0.3, -0.25) is 4.79 Å². The molecule has 0 aromatic rings. The molecule has 2 aliphatic rings. The van der Waals surface area contributed by atoms with Crippen LogP contribution in [0.4, 0.5) is 0 Å². The van der Waals surface area contributed by atoms with Crippen molar-refractivity contribution < 1.29 is 19.0 Å². The van der Waals surface area contributed by atoms with E-state index in [0.29, 0.717) is 13.0 Å². The molecule has 17 heavy (non-hydrogen) atoms. The summed E-state index contributed by atoms with van der Waals surface area (Å²) < 4.78 is 17.2. The van der Waals surface area contributed by atoms with Crippen molar-refractivity contribution >= 4 is 5.78 Å². The summed E-state index contributed by atoms with van der Waals surface area (Å²) in [6.07, 6.45) is -0.0278. The van der Waals surface area contributed by atoms with Gasteiger partial charge in [-0.05, 0) is 34.6 Å². The molecule has 0 bridgehead atoms. The average Bonchev–Trinajstić information content (AvgIpc) is 2.58. The number of hydrogen-bond acceptors (Lipinski definition) is 4. The van der Waals surface area contributed by atoms with Crippen LogP contribution in [0.2, 0.25) is 0 Å². The van der Waals surface area contributed by atoms with Gasteiger partial charge in [-0.1, -0.05) is 0 Å². The molecule has 1 aliphatic carbocycles. The first-order valence-corrected chi connectivity index (χ1v) is 6.20. The van der Waals surface area contributed by atoms with Crippen LogP contribution in [0.5, 0.6) is 0 Å². The molecule has 0 spiro atoms. The quantitative estimate of drug-likeness (QED) is 0.742. The summed E-state index contributed by atoms with van der Waals surface area (Å²) in [5, 5.41) is 0. The number of rotatable bonds is 2. The average molecular weight is 242 g/mol. The normalized spacial score (nSPS) is 36.3. The van der Waals surface area contributed by atoms with Gasteiger partial charge in [0.25, 0.3) is 0 Å². The van der Waals surface area contributed by atoms with E-state index in [0.717, 1.165) is 0 Å². The zero-order chi connectivity index (χ0) is 12.8. The van der Waals surface area contributed by atoms with E-state index in [4.69, 9.17) is 14.2 Å². The minimum atomic E-state index is -0.647. The van der Waals surface area contributed by atoms with Gasteiger partial charge in [0.2, 0.25) is 0 Å². The Kier molecular flexibility index (Phi) is 3.09. The van der Waals surface area contributed by atoms with E-state index in [1.807, 2.05) is 34.6 Å². The number of ether oxygens (including phenoxy) is 3. The Balaban J connectivity index is 1.99. The number of carbonyl (C=O) groups excluding carboxylic acids is 1. The topological polar surface area (TPSA) is 44.8 Å². The third-order valence-electron chi connectivity index (χ3n) is 3.10. The number of carbonyl (C=O) groups is 1. The molecule has 4 heteroatoms. The summed E-state index contributed by atoms with van der Waals surface area (Å²) in [6.45, 7) is 10.3. The van der Waals surface area contributed by atoms with Crippen LogP contribution < -0.4 is 0 Å². The Bertz CT molecular complexity index is 316. The van der Waals surface area contributed by atoms with E-state index in [2.05, 4.69) is 0 Å². The number of ketones is 1. The van der Waals surface area contributed by atoms with Crippen molar-refractivity contribution in [2.24, 2.45) is 5.92 Å². The third-order valence-corrected chi connectivity index (χ3v) is 3.10. The Morgan fingerprint density at radius 2 is 2.00 bits per heavy atom. The van der Waals surface area contributed by atoms with Crippen molar-refractivity contribution in [3.63, 3.8) is 0 Å². The molecule has 4 nitrogen and oxygen atoms in total. The molecule has 0 aromatic heterocycles. The molecule has 2 fully saturated rings. The molecule has 0 aromatic carbocycles. The molecular weight excluding hydrogens is 220 g/mol. The fourth-order valence-electron chi connectivity index (χ4n) is 2.38. The monoisotopic (exact) mass is 242 g/mol. The largest absolute Gasteiger partial charge is 0.375 e. The standard InChI is InChI=1S/C13H22O4/c1-12(2,3)15-7-8-6-9(14)11-10(8)16-13(4,5)17-11/h8,10-11H,6-7H2,1-5H3/t8-,10?,11-/m1/s1. The van der Waals surface area contributed by atoms with E-state index in [9.17, 15) is 4.79 Å². The predicted octanol–water partition coefficient (Wildman–Crippen LogP) is 1.91. The van der Waals surface area contributed by atoms with Crippen molar-refractivity contribution in [1.82, 2.24) is 0 Å². The second-order valence-corrected chi connectivity index (χ2v) is 6.37. The van der Waals surface area contributed by atoms with Gasteiger partial charge < -0.3 is 14.2 Å². The second kappa shape index (κ2) is 4.04. The van der Waals surface area contributed by atoms with E-state index in [1.165, 1.54) is 0 Å². The molecule has 2 rings (SSSR count). The molecule has 1 saturated carbocycles. The Hall–Kier alpha value is -0.450. The highest BCUT2D eigenvalue weighted by molar-refractivity contribution is 5.86. The van der Waals surface area contributed by atoms with Gasteiger partial charge >= 0.3 is 0 Å². The molecule has 1 aliphatic heterocycles. The van der Waals surface area contributed by atoms with Crippen LogP contribution in [0.25, 0.3) is 0 Å². The fraction of sp³-hybridized carbons (Fsp3) is 0.923. The van der Waals surface area contributed by atoms with Crippen LogP contribution >= 0.6 is 0 Å². The fourth-order valence-corrected chi connectivity index (χ4v) is 2.38. The van der Waals surface area contributed by atoms with Crippen molar-refractivity contribution in [3.8, 4) is 0 Å². The van der Waals surface area contributed by atoms with Crippen LogP contribution in [-0.2, 0) is 19.0 Å². The second-order valence-electron chi connectivity index (χ2n) is 6.37. The highest BCUT2D eigenvalue weighted by Gasteiger charge is 2.53. The van der Waals surface area contributed by atoms with Crippen molar-refractivity contribution in [3.05, 3.63) is 0 Å². The SMILES string of the molecule is CC(C)(C)OC[C@H]1CC(=O)[C@H]2OC(C)(C)OC12. The zero-order valence-electron chi connectivity index (χ0n) is 11.3.